The number of esters is 1. The summed E-state index contributed by atoms with van der Waals surface area (Å²) in [4.78, 5) is 39.4. The van der Waals surface area contributed by atoms with Crippen LogP contribution in [0.5, 0.6) is 0 Å². The lowest BCUT2D eigenvalue weighted by Crippen LogP contribution is -2.57. The van der Waals surface area contributed by atoms with Crippen molar-refractivity contribution < 1.29 is 14.3 Å². The zero-order valence-electron chi connectivity index (χ0n) is 17.8. The summed E-state index contributed by atoms with van der Waals surface area (Å²) in [5.41, 5.74) is 6.96. The summed E-state index contributed by atoms with van der Waals surface area (Å²) in [7, 11) is 0. The molecular formula is C25H23N3O4S. The van der Waals surface area contributed by atoms with Gasteiger partial charge >= 0.3 is 5.97 Å². The molecule has 2 N–H and O–H groups in total. The Morgan fingerprint density at radius 3 is 2.15 bits per heavy atom. The Labute approximate surface area is 194 Å². The Morgan fingerprint density at radius 2 is 1.52 bits per heavy atom. The van der Waals surface area contributed by atoms with Gasteiger partial charge in [-0.3, -0.25) is 9.59 Å². The van der Waals surface area contributed by atoms with Crippen LogP contribution in [0.1, 0.15) is 11.1 Å². The summed E-state index contributed by atoms with van der Waals surface area (Å²) >= 11 is 1.09. The maximum atomic E-state index is 13.3. The Morgan fingerprint density at radius 1 is 0.909 bits per heavy atom. The number of hydrogen-bond acceptors (Lipinski definition) is 6. The van der Waals surface area contributed by atoms with Gasteiger partial charge in [0.15, 0.2) is 6.04 Å². The van der Waals surface area contributed by atoms with Gasteiger partial charge in [0.25, 0.3) is 11.5 Å². The number of aromatic nitrogens is 1. The zero-order valence-corrected chi connectivity index (χ0v) is 18.6. The number of nitrogens with two attached hydrogens (primary N) is 1. The highest BCUT2D eigenvalue weighted by Gasteiger charge is 2.34. The molecule has 168 valence electrons. The first-order chi connectivity index (χ1) is 16.1. The topological polar surface area (TPSA) is 94.6 Å². The van der Waals surface area contributed by atoms with Crippen LogP contribution in [0.15, 0.2) is 89.7 Å². The SMILES string of the molecule is NCC(=O)N([C@@H](Cc1ccccc1)C(=O)OCc1ccccc1)n1sc2ccccc2c1=O. The van der Waals surface area contributed by atoms with E-state index in [1.165, 1.54) is 4.07 Å². The molecule has 3 aromatic carbocycles. The molecule has 0 saturated carbocycles. The third-order valence-corrected chi connectivity index (χ3v) is 6.23. The van der Waals surface area contributed by atoms with Crippen molar-refractivity contribution in [1.29, 1.82) is 0 Å². The fourth-order valence-corrected chi connectivity index (χ4v) is 4.58. The predicted molar refractivity (Wildman–Crippen MR) is 129 cm³/mol. The summed E-state index contributed by atoms with van der Waals surface area (Å²) in [6, 6.07) is 24.5. The molecule has 0 fully saturated rings. The highest BCUT2D eigenvalue weighted by Crippen LogP contribution is 2.19. The maximum absolute atomic E-state index is 13.3. The second kappa shape index (κ2) is 10.2. The normalized spacial score (nSPS) is 11.8. The van der Waals surface area contributed by atoms with Crippen LogP contribution >= 0.6 is 11.5 Å². The molecule has 7 nitrogen and oxygen atoms in total. The monoisotopic (exact) mass is 461 g/mol. The van der Waals surface area contributed by atoms with E-state index in [0.717, 1.165) is 27.7 Å². The second-order valence-electron chi connectivity index (χ2n) is 7.41. The summed E-state index contributed by atoms with van der Waals surface area (Å²) in [5, 5.41) is 1.61. The van der Waals surface area contributed by atoms with E-state index < -0.39 is 17.9 Å². The van der Waals surface area contributed by atoms with E-state index in [-0.39, 0.29) is 25.1 Å². The minimum Gasteiger partial charge on any atom is -0.459 e. The minimum atomic E-state index is -1.07. The highest BCUT2D eigenvalue weighted by atomic mass is 32.1. The molecule has 4 aromatic rings. The summed E-state index contributed by atoms with van der Waals surface area (Å²) in [6.45, 7) is -0.311. The van der Waals surface area contributed by atoms with Gasteiger partial charge in [-0.1, -0.05) is 72.8 Å². The number of nitrogens with zero attached hydrogens (tertiary/aromatic N) is 2. The molecule has 8 heteroatoms. The van der Waals surface area contributed by atoms with Gasteiger partial charge in [0.2, 0.25) is 0 Å². The van der Waals surface area contributed by atoms with Gasteiger partial charge in [0, 0.05) is 6.42 Å². The first-order valence-electron chi connectivity index (χ1n) is 10.5. The van der Waals surface area contributed by atoms with Gasteiger partial charge in [-0.05, 0) is 34.8 Å². The van der Waals surface area contributed by atoms with Crippen molar-refractivity contribution in [2.24, 2.45) is 5.73 Å². The molecule has 0 aliphatic carbocycles. The number of carbonyl (C=O) groups is 2. The Balaban J connectivity index is 1.74. The smallest absolute Gasteiger partial charge is 0.331 e. The fourth-order valence-electron chi connectivity index (χ4n) is 3.53. The van der Waals surface area contributed by atoms with Crippen LogP contribution in [0, 0.1) is 0 Å². The van der Waals surface area contributed by atoms with Gasteiger partial charge in [0.1, 0.15) is 6.61 Å². The van der Waals surface area contributed by atoms with Crippen molar-refractivity contribution in [1.82, 2.24) is 4.07 Å². The van der Waals surface area contributed by atoms with Crippen LogP contribution in [0.2, 0.25) is 0 Å². The predicted octanol–water partition coefficient (Wildman–Crippen LogP) is 2.84. The fraction of sp³-hybridized carbons (Fsp3) is 0.160. The molecule has 0 unspecified atom stereocenters. The van der Waals surface area contributed by atoms with E-state index in [2.05, 4.69) is 0 Å². The van der Waals surface area contributed by atoms with E-state index in [1.807, 2.05) is 66.7 Å². The van der Waals surface area contributed by atoms with E-state index in [0.29, 0.717) is 10.1 Å². The van der Waals surface area contributed by atoms with Gasteiger partial charge in [-0.25, -0.2) is 9.80 Å². The standard InChI is InChI=1S/C25H23N3O4S/c26-16-23(29)27(28-24(30)20-13-7-8-14-22(20)33-28)21(15-18-9-3-1-4-10-18)25(31)32-17-19-11-5-2-6-12-19/h1-14,21H,15-17,26H2/t21-/m0/s1. The Hall–Kier alpha value is -3.75. The first-order valence-corrected chi connectivity index (χ1v) is 11.2. The van der Waals surface area contributed by atoms with Crippen LogP contribution in [-0.2, 0) is 27.4 Å². The number of amides is 1. The largest absolute Gasteiger partial charge is 0.459 e. The number of rotatable bonds is 8. The molecule has 0 aliphatic rings. The number of benzene rings is 3. The molecule has 4 rings (SSSR count). The zero-order chi connectivity index (χ0) is 23.2. The van der Waals surface area contributed by atoms with E-state index in [4.69, 9.17) is 10.5 Å². The van der Waals surface area contributed by atoms with Gasteiger partial charge < -0.3 is 10.5 Å². The molecule has 1 heterocycles. The van der Waals surface area contributed by atoms with Crippen molar-refractivity contribution in [2.75, 3.05) is 11.6 Å². The molecule has 0 radical (unpaired) electrons. The van der Waals surface area contributed by atoms with Gasteiger partial charge in [-0.2, -0.15) is 4.07 Å². The number of carbonyl (C=O) groups excluding carboxylic acids is 2. The van der Waals surface area contributed by atoms with Crippen LogP contribution < -0.4 is 16.3 Å². The summed E-state index contributed by atoms with van der Waals surface area (Å²) in [6.07, 6.45) is 0.168. The van der Waals surface area contributed by atoms with E-state index in [1.54, 1.807) is 18.2 Å². The van der Waals surface area contributed by atoms with Crippen LogP contribution in [0.3, 0.4) is 0 Å². The Bertz CT molecular complexity index is 1300. The third-order valence-electron chi connectivity index (χ3n) is 5.16. The Kier molecular flexibility index (Phi) is 6.97. The van der Waals surface area contributed by atoms with Crippen molar-refractivity contribution >= 4 is 33.5 Å². The number of hydrogen-bond donors (Lipinski definition) is 1. The highest BCUT2D eigenvalue weighted by molar-refractivity contribution is 7.14. The first kappa shape index (κ1) is 22.4. The molecule has 33 heavy (non-hydrogen) atoms. The number of ether oxygens (including phenoxy) is 1. The molecule has 0 bridgehead atoms. The minimum absolute atomic E-state index is 0.0525. The molecule has 0 spiro atoms. The number of fused-ring (bicyclic) bond motifs is 1. The molecule has 1 amide bonds. The summed E-state index contributed by atoms with van der Waals surface area (Å²) < 4.78 is 7.51. The van der Waals surface area contributed by atoms with E-state index >= 15 is 0 Å². The molecule has 0 aliphatic heterocycles. The van der Waals surface area contributed by atoms with Gasteiger partial charge in [-0.15, -0.1) is 0 Å². The van der Waals surface area contributed by atoms with Crippen molar-refractivity contribution in [3.05, 3.63) is 106 Å². The van der Waals surface area contributed by atoms with E-state index in [9.17, 15) is 14.4 Å². The summed E-state index contributed by atoms with van der Waals surface area (Å²) in [5.74, 6) is -1.17. The lowest BCUT2D eigenvalue weighted by molar-refractivity contribution is -0.148. The lowest BCUT2D eigenvalue weighted by Gasteiger charge is -2.29. The van der Waals surface area contributed by atoms with Crippen LogP contribution in [-0.4, -0.2) is 28.5 Å². The average molecular weight is 462 g/mol. The third kappa shape index (κ3) is 5.02. The quantitative estimate of drug-likeness (QED) is 0.407. The second-order valence-corrected chi connectivity index (χ2v) is 8.38. The molecule has 1 aromatic heterocycles. The molecule has 1 atom stereocenters. The average Bonchev–Trinajstić information content (AvgIpc) is 3.19. The van der Waals surface area contributed by atoms with Crippen LogP contribution in [0.4, 0.5) is 0 Å². The van der Waals surface area contributed by atoms with Gasteiger partial charge in [0.05, 0.1) is 16.6 Å². The maximum Gasteiger partial charge on any atom is 0.331 e. The molecule has 0 saturated heterocycles. The van der Waals surface area contributed by atoms with Crippen LogP contribution in [0.25, 0.3) is 10.1 Å². The molecular weight excluding hydrogens is 438 g/mol. The lowest BCUT2D eigenvalue weighted by atomic mass is 10.1. The van der Waals surface area contributed by atoms with Crippen molar-refractivity contribution in [3.8, 4) is 0 Å². The van der Waals surface area contributed by atoms with Crippen molar-refractivity contribution in [3.63, 3.8) is 0 Å². The van der Waals surface area contributed by atoms with Crippen molar-refractivity contribution in [2.45, 2.75) is 19.1 Å².